The number of aromatic nitrogens is 1. The van der Waals surface area contributed by atoms with Crippen LogP contribution in [-0.2, 0) is 4.74 Å². The van der Waals surface area contributed by atoms with Crippen LogP contribution in [0.3, 0.4) is 0 Å². The van der Waals surface area contributed by atoms with E-state index in [1.807, 2.05) is 52.1 Å². The molecule has 1 unspecified atom stereocenters. The lowest BCUT2D eigenvalue weighted by atomic mass is 10.00. The van der Waals surface area contributed by atoms with Gasteiger partial charge in [0.05, 0.1) is 24.8 Å². The molecule has 0 fully saturated rings. The van der Waals surface area contributed by atoms with E-state index in [0.717, 1.165) is 35.3 Å². The molecule has 33 heavy (non-hydrogen) atoms. The standard InChI is InChI=1S/C27H34FN3O2/c1-8-10-11-14-29-27(31-20(5)21(6)33-18(3)9-2)24-15-22(16-26(32-7)19(24)4)25-13-12-23(28)17-30-25/h9,11-17,20H,6,8,10H2,1-5,7H3,(H,29,31)/b14-11+,18-9-. The molecule has 1 aromatic heterocycles. The number of benzene rings is 1. The van der Waals surface area contributed by atoms with Gasteiger partial charge < -0.3 is 14.8 Å². The molecular weight excluding hydrogens is 417 g/mol. The number of halogens is 1. The van der Waals surface area contributed by atoms with Crippen molar-refractivity contribution in [1.29, 1.82) is 0 Å². The fourth-order valence-electron chi connectivity index (χ4n) is 3.03. The second kappa shape index (κ2) is 12.6. The second-order valence-electron chi connectivity index (χ2n) is 7.67. The molecule has 2 rings (SSSR count). The minimum atomic E-state index is -0.383. The van der Waals surface area contributed by atoms with E-state index in [1.54, 1.807) is 13.2 Å². The van der Waals surface area contributed by atoms with Gasteiger partial charge in [-0.25, -0.2) is 4.39 Å². The number of aliphatic imine (C=N–C) groups is 1. The minimum Gasteiger partial charge on any atom is -0.496 e. The van der Waals surface area contributed by atoms with Crippen LogP contribution in [0.1, 0.15) is 51.7 Å². The van der Waals surface area contributed by atoms with Gasteiger partial charge >= 0.3 is 0 Å². The van der Waals surface area contributed by atoms with Crippen molar-refractivity contribution >= 4 is 5.84 Å². The maximum absolute atomic E-state index is 13.4. The van der Waals surface area contributed by atoms with Crippen molar-refractivity contribution in [3.63, 3.8) is 0 Å². The highest BCUT2D eigenvalue weighted by Crippen LogP contribution is 2.30. The highest BCUT2D eigenvalue weighted by atomic mass is 19.1. The molecule has 6 heteroatoms. The van der Waals surface area contributed by atoms with Gasteiger partial charge in [-0.3, -0.25) is 9.98 Å². The van der Waals surface area contributed by atoms with Gasteiger partial charge in [-0.1, -0.05) is 26.0 Å². The summed E-state index contributed by atoms with van der Waals surface area (Å²) in [6, 6.07) is 6.60. The predicted molar refractivity (Wildman–Crippen MR) is 134 cm³/mol. The van der Waals surface area contributed by atoms with E-state index in [9.17, 15) is 4.39 Å². The fourth-order valence-corrected chi connectivity index (χ4v) is 3.03. The average molecular weight is 452 g/mol. The van der Waals surface area contributed by atoms with E-state index in [4.69, 9.17) is 14.5 Å². The van der Waals surface area contributed by atoms with Crippen LogP contribution >= 0.6 is 0 Å². The zero-order chi connectivity index (χ0) is 24.4. The maximum Gasteiger partial charge on any atom is 0.141 e. The maximum atomic E-state index is 13.4. The second-order valence-corrected chi connectivity index (χ2v) is 7.67. The molecule has 0 spiro atoms. The molecule has 1 heterocycles. The minimum absolute atomic E-state index is 0.306. The van der Waals surface area contributed by atoms with Crippen LogP contribution in [0.2, 0.25) is 0 Å². The van der Waals surface area contributed by atoms with Crippen LogP contribution in [0.15, 0.2) is 71.9 Å². The van der Waals surface area contributed by atoms with E-state index in [2.05, 4.69) is 29.9 Å². The van der Waals surface area contributed by atoms with E-state index >= 15 is 0 Å². The first-order valence-electron chi connectivity index (χ1n) is 11.1. The Balaban J connectivity index is 2.57. The number of methoxy groups -OCH3 is 1. The number of allylic oxidation sites excluding steroid dienone is 3. The van der Waals surface area contributed by atoms with Gasteiger partial charge in [-0.15, -0.1) is 0 Å². The number of nitrogens with zero attached hydrogens (tertiary/aromatic N) is 2. The molecular formula is C27H34FN3O2. The van der Waals surface area contributed by atoms with Crippen molar-refractivity contribution in [3.8, 4) is 17.0 Å². The Morgan fingerprint density at radius 1 is 1.33 bits per heavy atom. The first-order valence-corrected chi connectivity index (χ1v) is 11.1. The molecule has 0 saturated carbocycles. The molecule has 2 aromatic rings. The molecule has 176 valence electrons. The Labute approximate surface area is 196 Å². The quantitative estimate of drug-likeness (QED) is 0.248. The van der Waals surface area contributed by atoms with Gasteiger partial charge in [0, 0.05) is 16.7 Å². The lowest BCUT2D eigenvalue weighted by molar-refractivity contribution is 0.285. The Morgan fingerprint density at radius 2 is 2.09 bits per heavy atom. The largest absolute Gasteiger partial charge is 0.496 e. The van der Waals surface area contributed by atoms with Crippen LogP contribution < -0.4 is 10.1 Å². The Hall–Kier alpha value is -3.41. The molecule has 1 N–H and O–H groups in total. The summed E-state index contributed by atoms with van der Waals surface area (Å²) >= 11 is 0. The first-order chi connectivity index (χ1) is 15.8. The van der Waals surface area contributed by atoms with E-state index in [1.165, 1.54) is 12.3 Å². The third kappa shape index (κ3) is 7.31. The number of hydrogen-bond donors (Lipinski definition) is 1. The third-order valence-electron chi connectivity index (χ3n) is 5.14. The van der Waals surface area contributed by atoms with Crippen LogP contribution in [0.5, 0.6) is 5.75 Å². The Bertz CT molecular complexity index is 1040. The number of hydrogen-bond acceptors (Lipinski definition) is 4. The zero-order valence-corrected chi connectivity index (χ0v) is 20.4. The smallest absolute Gasteiger partial charge is 0.141 e. The van der Waals surface area contributed by atoms with Gasteiger partial charge in [-0.05, 0) is 70.7 Å². The lowest BCUT2D eigenvalue weighted by Gasteiger charge is -2.18. The lowest BCUT2D eigenvalue weighted by Crippen LogP contribution is -2.23. The molecule has 0 aliphatic rings. The number of pyridine rings is 1. The van der Waals surface area contributed by atoms with E-state index in [0.29, 0.717) is 23.0 Å². The zero-order valence-electron chi connectivity index (χ0n) is 20.4. The highest BCUT2D eigenvalue weighted by molar-refractivity contribution is 6.02. The van der Waals surface area contributed by atoms with Gasteiger partial charge in [0.2, 0.25) is 0 Å². The van der Waals surface area contributed by atoms with Crippen LogP contribution in [-0.4, -0.2) is 24.0 Å². The van der Waals surface area contributed by atoms with Gasteiger partial charge in [0.25, 0.3) is 0 Å². The van der Waals surface area contributed by atoms with Gasteiger partial charge in [0.1, 0.15) is 29.2 Å². The molecule has 0 aliphatic carbocycles. The van der Waals surface area contributed by atoms with Crippen molar-refractivity contribution in [2.24, 2.45) is 4.99 Å². The van der Waals surface area contributed by atoms with Crippen molar-refractivity contribution in [2.75, 3.05) is 7.11 Å². The fraction of sp³-hybridized carbons (Fsp3) is 0.333. The highest BCUT2D eigenvalue weighted by Gasteiger charge is 2.17. The van der Waals surface area contributed by atoms with Gasteiger partial charge in [0.15, 0.2) is 0 Å². The summed E-state index contributed by atoms with van der Waals surface area (Å²) in [6.07, 6.45) is 9.04. The average Bonchev–Trinajstić information content (AvgIpc) is 2.81. The monoisotopic (exact) mass is 451 g/mol. The summed E-state index contributed by atoms with van der Waals surface area (Å²) < 4.78 is 24.8. The molecule has 5 nitrogen and oxygen atoms in total. The number of unbranched alkanes of at least 4 members (excludes halogenated alkanes) is 1. The predicted octanol–water partition coefficient (Wildman–Crippen LogP) is 6.70. The summed E-state index contributed by atoms with van der Waals surface area (Å²) in [5.74, 6) is 2.27. The number of nitrogens with one attached hydrogen (secondary N) is 1. The summed E-state index contributed by atoms with van der Waals surface area (Å²) in [6.45, 7) is 13.9. The van der Waals surface area contributed by atoms with Crippen molar-refractivity contribution in [2.45, 2.75) is 53.5 Å². The van der Waals surface area contributed by atoms with Crippen molar-refractivity contribution in [3.05, 3.63) is 83.9 Å². The third-order valence-corrected chi connectivity index (χ3v) is 5.14. The Morgan fingerprint density at radius 3 is 2.70 bits per heavy atom. The summed E-state index contributed by atoms with van der Waals surface area (Å²) in [5.41, 5.74) is 3.20. The van der Waals surface area contributed by atoms with Gasteiger partial charge in [-0.2, -0.15) is 0 Å². The number of rotatable bonds is 10. The van der Waals surface area contributed by atoms with Crippen molar-refractivity contribution < 1.29 is 13.9 Å². The van der Waals surface area contributed by atoms with E-state index < -0.39 is 0 Å². The summed E-state index contributed by atoms with van der Waals surface area (Å²) in [4.78, 5) is 9.11. The first kappa shape index (κ1) is 25.8. The number of ether oxygens (including phenoxy) is 2. The molecule has 0 bridgehead atoms. The molecule has 1 atom stereocenters. The topological polar surface area (TPSA) is 55.7 Å². The van der Waals surface area contributed by atoms with Crippen molar-refractivity contribution in [1.82, 2.24) is 10.3 Å². The van der Waals surface area contributed by atoms with Crippen LogP contribution in [0.4, 0.5) is 4.39 Å². The normalized spacial score (nSPS) is 13.2. The molecule has 0 radical (unpaired) electrons. The molecule has 0 saturated heterocycles. The SMILES string of the molecule is C=C(O/C(C)=C\C)C(C)N=C(N/C=C/CCC)c1cc(-c2ccc(F)cn2)cc(OC)c1C. The van der Waals surface area contributed by atoms with E-state index in [-0.39, 0.29) is 11.9 Å². The molecule has 1 aromatic carbocycles. The number of amidine groups is 1. The summed E-state index contributed by atoms with van der Waals surface area (Å²) in [5, 5.41) is 3.33. The van der Waals surface area contributed by atoms with Crippen LogP contribution in [0.25, 0.3) is 11.3 Å². The molecule has 0 amide bonds. The van der Waals surface area contributed by atoms with Crippen LogP contribution in [0, 0.1) is 12.7 Å². The molecule has 0 aliphatic heterocycles. The summed E-state index contributed by atoms with van der Waals surface area (Å²) in [7, 11) is 1.62. The Kier molecular flexibility index (Phi) is 9.85.